The molecule has 3 unspecified atom stereocenters. The minimum absolute atomic E-state index is 0.378. The van der Waals surface area contributed by atoms with Gasteiger partial charge in [0.2, 0.25) is 0 Å². The Morgan fingerprint density at radius 3 is 2.53 bits per heavy atom. The Morgan fingerprint density at radius 1 is 1.11 bits per heavy atom. The maximum atomic E-state index is 6.29. The second-order valence-electron chi connectivity index (χ2n) is 5.98. The number of nitrogens with zero attached hydrogens (tertiary/aromatic N) is 1. The summed E-state index contributed by atoms with van der Waals surface area (Å²) in [5.74, 6) is 1.47. The Balaban J connectivity index is 2.39. The lowest BCUT2D eigenvalue weighted by molar-refractivity contribution is 0.105. The highest BCUT2D eigenvalue weighted by molar-refractivity contribution is 4.83. The molecule has 0 radical (unpaired) electrons. The Hall–Kier alpha value is -0.160. The number of methoxy groups -OCH3 is 2. The zero-order chi connectivity index (χ0) is 14.1. The van der Waals surface area contributed by atoms with E-state index < -0.39 is 0 Å². The first-order chi connectivity index (χ1) is 9.17. The van der Waals surface area contributed by atoms with E-state index in [1.165, 1.54) is 19.3 Å². The maximum Gasteiger partial charge on any atom is 0.0589 e. The van der Waals surface area contributed by atoms with Crippen molar-refractivity contribution in [1.82, 2.24) is 4.90 Å². The van der Waals surface area contributed by atoms with Gasteiger partial charge in [-0.2, -0.15) is 0 Å². The molecule has 0 amide bonds. The number of nitrogens with two attached hydrogens (primary N) is 1. The third-order valence-electron chi connectivity index (χ3n) is 4.23. The molecule has 1 aliphatic rings. The van der Waals surface area contributed by atoms with Crippen molar-refractivity contribution < 1.29 is 9.47 Å². The summed E-state index contributed by atoms with van der Waals surface area (Å²) in [6, 6.07) is 0.378. The van der Waals surface area contributed by atoms with Gasteiger partial charge >= 0.3 is 0 Å². The van der Waals surface area contributed by atoms with Crippen LogP contribution in [0.4, 0.5) is 0 Å². The molecule has 3 atom stereocenters. The van der Waals surface area contributed by atoms with Gasteiger partial charge in [0.1, 0.15) is 0 Å². The number of hydrogen-bond acceptors (Lipinski definition) is 4. The van der Waals surface area contributed by atoms with Gasteiger partial charge in [-0.05, 0) is 37.5 Å². The van der Waals surface area contributed by atoms with Gasteiger partial charge in [-0.3, -0.25) is 0 Å². The van der Waals surface area contributed by atoms with Crippen LogP contribution in [0, 0.1) is 11.8 Å². The quantitative estimate of drug-likeness (QED) is 0.650. The SMILES string of the molecule is COCCCN(CCOC)CC1CC(C)CCC1N. The number of rotatable bonds is 9. The minimum Gasteiger partial charge on any atom is -0.385 e. The molecule has 0 heterocycles. The molecule has 114 valence electrons. The van der Waals surface area contributed by atoms with Crippen LogP contribution in [0.2, 0.25) is 0 Å². The van der Waals surface area contributed by atoms with Crippen molar-refractivity contribution in [1.29, 1.82) is 0 Å². The standard InChI is InChI=1S/C15H32N2O2/c1-13-5-6-15(16)14(11-13)12-17(8-10-19-3)7-4-9-18-2/h13-15H,4-12,16H2,1-3H3. The van der Waals surface area contributed by atoms with Crippen molar-refractivity contribution in [3.8, 4) is 0 Å². The molecular formula is C15H32N2O2. The predicted molar refractivity (Wildman–Crippen MR) is 79.3 cm³/mol. The molecule has 1 rings (SSSR count). The zero-order valence-corrected chi connectivity index (χ0v) is 12.9. The molecule has 0 spiro atoms. The highest BCUT2D eigenvalue weighted by atomic mass is 16.5. The summed E-state index contributed by atoms with van der Waals surface area (Å²) in [7, 11) is 3.53. The van der Waals surface area contributed by atoms with E-state index in [1.54, 1.807) is 14.2 Å². The molecule has 1 fully saturated rings. The summed E-state index contributed by atoms with van der Waals surface area (Å²) >= 11 is 0. The monoisotopic (exact) mass is 272 g/mol. The fourth-order valence-electron chi connectivity index (χ4n) is 3.01. The molecule has 4 heteroatoms. The van der Waals surface area contributed by atoms with Gasteiger partial charge in [-0.1, -0.05) is 6.92 Å². The van der Waals surface area contributed by atoms with Crippen LogP contribution in [-0.4, -0.2) is 58.0 Å². The van der Waals surface area contributed by atoms with Crippen molar-refractivity contribution in [2.24, 2.45) is 17.6 Å². The van der Waals surface area contributed by atoms with Gasteiger partial charge in [0, 0.05) is 46.5 Å². The lowest BCUT2D eigenvalue weighted by Gasteiger charge is -2.36. The lowest BCUT2D eigenvalue weighted by Crippen LogP contribution is -2.44. The zero-order valence-electron chi connectivity index (χ0n) is 12.9. The molecule has 0 aliphatic heterocycles. The van der Waals surface area contributed by atoms with E-state index in [0.29, 0.717) is 12.0 Å². The van der Waals surface area contributed by atoms with Crippen LogP contribution in [-0.2, 0) is 9.47 Å². The van der Waals surface area contributed by atoms with Crippen molar-refractivity contribution in [3.63, 3.8) is 0 Å². The summed E-state index contributed by atoms with van der Waals surface area (Å²) in [6.45, 7) is 7.16. The minimum atomic E-state index is 0.378. The van der Waals surface area contributed by atoms with Crippen LogP contribution in [0.15, 0.2) is 0 Å². The molecule has 1 saturated carbocycles. The number of hydrogen-bond donors (Lipinski definition) is 1. The van der Waals surface area contributed by atoms with Crippen LogP contribution in [0.5, 0.6) is 0 Å². The van der Waals surface area contributed by atoms with Crippen molar-refractivity contribution in [2.75, 3.05) is 47.1 Å². The van der Waals surface area contributed by atoms with E-state index >= 15 is 0 Å². The van der Waals surface area contributed by atoms with E-state index in [-0.39, 0.29) is 0 Å². The summed E-state index contributed by atoms with van der Waals surface area (Å²) in [6.07, 6.45) is 4.83. The third-order valence-corrected chi connectivity index (χ3v) is 4.23. The highest BCUT2D eigenvalue weighted by Gasteiger charge is 2.27. The molecule has 4 nitrogen and oxygen atoms in total. The fourth-order valence-corrected chi connectivity index (χ4v) is 3.01. The molecule has 0 aromatic heterocycles. The maximum absolute atomic E-state index is 6.29. The van der Waals surface area contributed by atoms with Gasteiger partial charge in [0.25, 0.3) is 0 Å². The van der Waals surface area contributed by atoms with E-state index in [0.717, 1.165) is 45.2 Å². The summed E-state index contributed by atoms with van der Waals surface area (Å²) < 4.78 is 10.4. The Labute approximate surface area is 118 Å². The summed E-state index contributed by atoms with van der Waals surface area (Å²) in [5, 5.41) is 0. The van der Waals surface area contributed by atoms with E-state index in [1.807, 2.05) is 0 Å². The van der Waals surface area contributed by atoms with E-state index in [9.17, 15) is 0 Å². The Kier molecular flexibility index (Phi) is 8.62. The average molecular weight is 272 g/mol. The van der Waals surface area contributed by atoms with Crippen molar-refractivity contribution >= 4 is 0 Å². The topological polar surface area (TPSA) is 47.7 Å². The first-order valence-electron chi connectivity index (χ1n) is 7.63. The molecule has 0 aromatic rings. The summed E-state index contributed by atoms with van der Waals surface area (Å²) in [4.78, 5) is 2.49. The first kappa shape index (κ1) is 16.9. The van der Waals surface area contributed by atoms with Crippen molar-refractivity contribution in [3.05, 3.63) is 0 Å². The lowest BCUT2D eigenvalue weighted by atomic mass is 9.79. The van der Waals surface area contributed by atoms with Gasteiger partial charge in [0.15, 0.2) is 0 Å². The molecule has 2 N–H and O–H groups in total. The smallest absolute Gasteiger partial charge is 0.0589 e. The highest BCUT2D eigenvalue weighted by Crippen LogP contribution is 2.28. The first-order valence-corrected chi connectivity index (χ1v) is 7.63. The van der Waals surface area contributed by atoms with Crippen molar-refractivity contribution in [2.45, 2.75) is 38.6 Å². The average Bonchev–Trinajstić information content (AvgIpc) is 2.40. The second-order valence-corrected chi connectivity index (χ2v) is 5.98. The van der Waals surface area contributed by atoms with Gasteiger partial charge in [0.05, 0.1) is 6.61 Å². The van der Waals surface area contributed by atoms with Crippen LogP contribution in [0.25, 0.3) is 0 Å². The van der Waals surface area contributed by atoms with Crippen LogP contribution in [0.3, 0.4) is 0 Å². The largest absolute Gasteiger partial charge is 0.385 e. The third kappa shape index (κ3) is 6.70. The molecule has 0 saturated heterocycles. The van der Waals surface area contributed by atoms with Gasteiger partial charge in [-0.25, -0.2) is 0 Å². The Morgan fingerprint density at radius 2 is 1.84 bits per heavy atom. The van der Waals surface area contributed by atoms with Gasteiger partial charge < -0.3 is 20.1 Å². The summed E-state index contributed by atoms with van der Waals surface area (Å²) in [5.41, 5.74) is 6.29. The fraction of sp³-hybridized carbons (Fsp3) is 1.00. The molecule has 19 heavy (non-hydrogen) atoms. The van der Waals surface area contributed by atoms with Crippen LogP contribution in [0.1, 0.15) is 32.6 Å². The van der Waals surface area contributed by atoms with E-state index in [2.05, 4.69) is 11.8 Å². The van der Waals surface area contributed by atoms with E-state index in [4.69, 9.17) is 15.2 Å². The molecular weight excluding hydrogens is 240 g/mol. The normalized spacial score (nSPS) is 27.9. The molecule has 0 bridgehead atoms. The predicted octanol–water partition coefficient (Wildman–Crippen LogP) is 1.73. The number of ether oxygens (including phenoxy) is 2. The Bertz CT molecular complexity index is 226. The second kappa shape index (κ2) is 9.70. The molecule has 1 aliphatic carbocycles. The van der Waals surface area contributed by atoms with Gasteiger partial charge in [-0.15, -0.1) is 0 Å². The molecule has 0 aromatic carbocycles. The van der Waals surface area contributed by atoms with Crippen LogP contribution >= 0.6 is 0 Å². The van der Waals surface area contributed by atoms with Crippen LogP contribution < -0.4 is 5.73 Å².